The molecule has 2 aliphatic rings. The van der Waals surface area contributed by atoms with Gasteiger partial charge in [-0.25, -0.2) is 0 Å². The summed E-state index contributed by atoms with van der Waals surface area (Å²) in [6, 6.07) is 9.74. The molecule has 0 amide bonds. The molecule has 0 radical (unpaired) electrons. The highest BCUT2D eigenvalue weighted by atomic mass is 16.7. The van der Waals surface area contributed by atoms with Crippen molar-refractivity contribution >= 4 is 0 Å². The maximum absolute atomic E-state index is 9.56. The average molecular weight is 207 g/mol. The zero-order valence-electron chi connectivity index (χ0n) is 9.30. The molecule has 3 rings (SSSR count). The zero-order valence-corrected chi connectivity index (χ0v) is 8.30. The van der Waals surface area contributed by atoms with Crippen molar-refractivity contribution in [1.29, 1.82) is 0 Å². The second-order valence-electron chi connectivity index (χ2n) is 4.07. The maximum atomic E-state index is 9.56. The van der Waals surface area contributed by atoms with Crippen LogP contribution in [0.3, 0.4) is 0 Å². The molecule has 1 heterocycles. The third-order valence-corrected chi connectivity index (χ3v) is 2.96. The monoisotopic (exact) mass is 207 g/mol. The molecule has 0 bridgehead atoms. The topological polar surface area (TPSA) is 38.7 Å². The van der Waals surface area contributed by atoms with Gasteiger partial charge in [-0.1, -0.05) is 30.3 Å². The van der Waals surface area contributed by atoms with E-state index in [9.17, 15) is 5.11 Å². The van der Waals surface area contributed by atoms with Gasteiger partial charge in [0.15, 0.2) is 6.29 Å². The number of hydrogen-bond acceptors (Lipinski definition) is 3. The van der Waals surface area contributed by atoms with Crippen molar-refractivity contribution in [2.45, 2.75) is 37.4 Å². The molecule has 1 N–H and O–H groups in total. The van der Waals surface area contributed by atoms with E-state index < -0.39 is 6.08 Å². The molecule has 3 heteroatoms. The van der Waals surface area contributed by atoms with Gasteiger partial charge in [-0.15, -0.1) is 0 Å². The van der Waals surface area contributed by atoms with Crippen LogP contribution in [-0.4, -0.2) is 23.4 Å². The molecule has 3 nitrogen and oxygen atoms in total. The second-order valence-corrected chi connectivity index (χ2v) is 4.07. The molecular formula is C12H14O3. The lowest BCUT2D eigenvalue weighted by Gasteiger charge is -2.12. The summed E-state index contributed by atoms with van der Waals surface area (Å²) in [7, 11) is 0. The van der Waals surface area contributed by atoms with Crippen LogP contribution in [0.25, 0.3) is 0 Å². The summed E-state index contributed by atoms with van der Waals surface area (Å²) in [6.07, 6.45) is -1.34. The molecule has 0 aromatic heterocycles. The molecule has 1 aliphatic heterocycles. The number of ether oxygens (including phenoxy) is 2. The SMILES string of the molecule is [2H]C1(O)CC2OC(c3ccccc3)OC2C1. The molecule has 1 saturated carbocycles. The van der Waals surface area contributed by atoms with Crippen molar-refractivity contribution in [1.82, 2.24) is 0 Å². The van der Waals surface area contributed by atoms with Gasteiger partial charge in [-0.05, 0) is 0 Å². The van der Waals surface area contributed by atoms with Gasteiger partial charge in [-0.3, -0.25) is 0 Å². The number of fused-ring (bicyclic) bond motifs is 1. The number of hydrogen-bond donors (Lipinski definition) is 1. The fourth-order valence-electron chi connectivity index (χ4n) is 2.20. The van der Waals surface area contributed by atoms with Crippen molar-refractivity contribution in [2.24, 2.45) is 0 Å². The van der Waals surface area contributed by atoms with E-state index in [0.717, 1.165) is 5.56 Å². The Bertz CT molecular complexity index is 363. The highest BCUT2D eigenvalue weighted by molar-refractivity contribution is 5.17. The van der Waals surface area contributed by atoms with E-state index in [-0.39, 0.29) is 18.5 Å². The van der Waals surface area contributed by atoms with Gasteiger partial charge in [0.05, 0.1) is 19.7 Å². The van der Waals surface area contributed by atoms with E-state index >= 15 is 0 Å². The average Bonchev–Trinajstić information content (AvgIpc) is 2.72. The number of rotatable bonds is 1. The quantitative estimate of drug-likeness (QED) is 0.760. The lowest BCUT2D eigenvalue weighted by atomic mass is 10.2. The molecule has 80 valence electrons. The fourth-order valence-corrected chi connectivity index (χ4v) is 2.20. The molecule has 2 atom stereocenters. The van der Waals surface area contributed by atoms with Crippen LogP contribution in [-0.2, 0) is 9.47 Å². The minimum Gasteiger partial charge on any atom is -0.393 e. The van der Waals surface area contributed by atoms with Crippen LogP contribution in [0.5, 0.6) is 0 Å². The highest BCUT2D eigenvalue weighted by Gasteiger charge is 2.43. The summed E-state index contributed by atoms with van der Waals surface area (Å²) in [4.78, 5) is 0. The van der Waals surface area contributed by atoms with Crippen LogP contribution in [0.1, 0.15) is 26.1 Å². The predicted octanol–water partition coefficient (Wildman–Crippen LogP) is 1.62. The third kappa shape index (κ3) is 1.67. The fraction of sp³-hybridized carbons (Fsp3) is 0.500. The molecule has 1 saturated heterocycles. The number of aliphatic hydroxyl groups is 1. The van der Waals surface area contributed by atoms with Crippen molar-refractivity contribution < 1.29 is 16.0 Å². The van der Waals surface area contributed by atoms with Gasteiger partial charge in [0.2, 0.25) is 0 Å². The second kappa shape index (κ2) is 3.59. The molecule has 2 unspecified atom stereocenters. The summed E-state index contributed by atoms with van der Waals surface area (Å²) in [5, 5.41) is 9.56. The van der Waals surface area contributed by atoms with Crippen LogP contribution < -0.4 is 0 Å². The third-order valence-electron chi connectivity index (χ3n) is 2.96. The van der Waals surface area contributed by atoms with E-state index in [1.807, 2.05) is 30.3 Å². The Kier molecular flexibility index (Phi) is 1.98. The molecule has 1 aromatic rings. The summed E-state index contributed by atoms with van der Waals surface area (Å²) in [6.45, 7) is 0. The van der Waals surface area contributed by atoms with E-state index in [4.69, 9.17) is 10.8 Å². The summed E-state index contributed by atoms with van der Waals surface area (Å²) in [5.41, 5.74) is 0.991. The Morgan fingerprint density at radius 1 is 1.13 bits per heavy atom. The Morgan fingerprint density at radius 3 is 2.33 bits per heavy atom. The Balaban J connectivity index is 1.73. The van der Waals surface area contributed by atoms with Crippen LogP contribution in [0.2, 0.25) is 0 Å². The first kappa shape index (κ1) is 8.28. The van der Waals surface area contributed by atoms with Crippen molar-refractivity contribution in [3.8, 4) is 0 Å². The summed E-state index contributed by atoms with van der Waals surface area (Å²) in [5.74, 6) is 0. The maximum Gasteiger partial charge on any atom is 0.184 e. The largest absolute Gasteiger partial charge is 0.393 e. The summed E-state index contributed by atoms with van der Waals surface area (Å²) >= 11 is 0. The van der Waals surface area contributed by atoms with Crippen LogP contribution >= 0.6 is 0 Å². The van der Waals surface area contributed by atoms with Gasteiger partial charge in [0, 0.05) is 18.4 Å². The molecular weight excluding hydrogens is 192 g/mol. The molecule has 1 aromatic carbocycles. The molecule has 1 aliphatic carbocycles. The van der Waals surface area contributed by atoms with Gasteiger partial charge in [-0.2, -0.15) is 0 Å². The highest BCUT2D eigenvalue weighted by Crippen LogP contribution is 2.39. The van der Waals surface area contributed by atoms with Gasteiger partial charge >= 0.3 is 0 Å². The van der Waals surface area contributed by atoms with Gasteiger partial charge < -0.3 is 14.6 Å². The van der Waals surface area contributed by atoms with Crippen LogP contribution in [0.15, 0.2) is 30.3 Å². The van der Waals surface area contributed by atoms with Gasteiger partial charge in [0.25, 0.3) is 0 Å². The lowest BCUT2D eigenvalue weighted by molar-refractivity contribution is -0.0847. The molecule has 2 fully saturated rings. The standard InChI is InChI=1S/C12H14O3/c13-9-6-10-11(7-9)15-12(14-10)8-4-2-1-3-5-8/h1-5,9-13H,6-7H2/i9D. The minimum absolute atomic E-state index is 0.146. The van der Waals surface area contributed by atoms with E-state index in [1.54, 1.807) is 0 Å². The summed E-state index contributed by atoms with van der Waals surface area (Å²) < 4.78 is 19.0. The Hall–Kier alpha value is -0.900. The number of benzene rings is 1. The first-order valence-electron chi connectivity index (χ1n) is 5.72. The smallest absolute Gasteiger partial charge is 0.184 e. The first-order valence-corrected chi connectivity index (χ1v) is 5.22. The zero-order chi connectivity index (χ0) is 11.2. The Morgan fingerprint density at radius 2 is 1.73 bits per heavy atom. The predicted molar refractivity (Wildman–Crippen MR) is 54.2 cm³/mol. The lowest BCUT2D eigenvalue weighted by Crippen LogP contribution is -2.13. The first-order chi connectivity index (χ1) is 7.64. The Labute approximate surface area is 90.0 Å². The van der Waals surface area contributed by atoms with Crippen molar-refractivity contribution in [2.75, 3.05) is 0 Å². The van der Waals surface area contributed by atoms with Gasteiger partial charge in [0.1, 0.15) is 0 Å². The van der Waals surface area contributed by atoms with E-state index in [0.29, 0.717) is 12.8 Å². The normalized spacial score (nSPS) is 45.1. The van der Waals surface area contributed by atoms with Crippen molar-refractivity contribution in [3.05, 3.63) is 35.9 Å². The molecule has 15 heavy (non-hydrogen) atoms. The van der Waals surface area contributed by atoms with E-state index in [1.165, 1.54) is 0 Å². The van der Waals surface area contributed by atoms with Crippen LogP contribution in [0.4, 0.5) is 0 Å². The van der Waals surface area contributed by atoms with E-state index in [2.05, 4.69) is 0 Å². The molecule has 0 spiro atoms. The van der Waals surface area contributed by atoms with Crippen molar-refractivity contribution in [3.63, 3.8) is 0 Å². The minimum atomic E-state index is -1.38. The van der Waals surface area contributed by atoms with Crippen LogP contribution in [0, 0.1) is 0 Å².